The predicted molar refractivity (Wildman–Crippen MR) is 70.9 cm³/mol. The lowest BCUT2D eigenvalue weighted by atomic mass is 9.99. The van der Waals surface area contributed by atoms with Crippen molar-refractivity contribution in [1.29, 1.82) is 0 Å². The molecule has 0 aliphatic carbocycles. The van der Waals surface area contributed by atoms with Crippen molar-refractivity contribution in [1.82, 2.24) is 15.2 Å². The number of rotatable bonds is 4. The number of carbonyl (C=O) groups excluding carboxylic acids is 1. The van der Waals surface area contributed by atoms with Gasteiger partial charge in [-0.3, -0.25) is 9.78 Å². The van der Waals surface area contributed by atoms with Gasteiger partial charge in [0.25, 0.3) is 0 Å². The zero-order chi connectivity index (χ0) is 12.8. The van der Waals surface area contributed by atoms with Crippen molar-refractivity contribution in [2.75, 3.05) is 19.6 Å². The standard InChI is InChI=1S/C14H21N3O/c1-12-5-8-17(9-6-12)14(18)11-15-10-13-4-2-3-7-16-13/h2-4,7,12,15H,5-6,8-11H2,1H3. The number of hydrogen-bond donors (Lipinski definition) is 1. The molecule has 1 N–H and O–H groups in total. The molecule has 1 aromatic rings. The number of likely N-dealkylation sites (tertiary alicyclic amines) is 1. The average Bonchev–Trinajstić information content (AvgIpc) is 2.40. The van der Waals surface area contributed by atoms with Gasteiger partial charge >= 0.3 is 0 Å². The number of nitrogens with zero attached hydrogens (tertiary/aromatic N) is 2. The molecule has 0 aromatic carbocycles. The maximum absolute atomic E-state index is 11.9. The van der Waals surface area contributed by atoms with Crippen molar-refractivity contribution in [3.8, 4) is 0 Å². The van der Waals surface area contributed by atoms with Crippen LogP contribution in [-0.4, -0.2) is 35.4 Å². The topological polar surface area (TPSA) is 45.2 Å². The van der Waals surface area contributed by atoms with Crippen LogP contribution in [0.5, 0.6) is 0 Å². The molecule has 0 spiro atoms. The van der Waals surface area contributed by atoms with Crippen LogP contribution in [0.4, 0.5) is 0 Å². The quantitative estimate of drug-likeness (QED) is 0.875. The van der Waals surface area contributed by atoms with Crippen molar-refractivity contribution in [2.45, 2.75) is 26.3 Å². The van der Waals surface area contributed by atoms with Crippen LogP contribution in [-0.2, 0) is 11.3 Å². The lowest BCUT2D eigenvalue weighted by molar-refractivity contribution is -0.131. The van der Waals surface area contributed by atoms with Crippen LogP contribution < -0.4 is 5.32 Å². The van der Waals surface area contributed by atoms with E-state index in [9.17, 15) is 4.79 Å². The average molecular weight is 247 g/mol. The van der Waals surface area contributed by atoms with E-state index in [1.165, 1.54) is 0 Å². The van der Waals surface area contributed by atoms with Crippen LogP contribution in [0.1, 0.15) is 25.5 Å². The zero-order valence-corrected chi connectivity index (χ0v) is 10.9. The van der Waals surface area contributed by atoms with E-state index in [-0.39, 0.29) is 5.91 Å². The first-order valence-electron chi connectivity index (χ1n) is 6.64. The van der Waals surface area contributed by atoms with E-state index < -0.39 is 0 Å². The Bertz CT molecular complexity index is 372. The Morgan fingerprint density at radius 1 is 1.44 bits per heavy atom. The first kappa shape index (κ1) is 13.0. The number of nitrogens with one attached hydrogen (secondary N) is 1. The molecule has 0 unspecified atom stereocenters. The summed E-state index contributed by atoms with van der Waals surface area (Å²) in [6.07, 6.45) is 4.03. The molecule has 1 aromatic heterocycles. The van der Waals surface area contributed by atoms with Crippen LogP contribution in [0.15, 0.2) is 24.4 Å². The second-order valence-electron chi connectivity index (χ2n) is 4.99. The second-order valence-corrected chi connectivity index (χ2v) is 4.99. The molecule has 4 nitrogen and oxygen atoms in total. The lowest BCUT2D eigenvalue weighted by Crippen LogP contribution is -2.42. The Labute approximate surface area is 108 Å². The third kappa shape index (κ3) is 3.81. The van der Waals surface area contributed by atoms with Gasteiger partial charge in [0.1, 0.15) is 0 Å². The zero-order valence-electron chi connectivity index (χ0n) is 10.9. The molecule has 1 saturated heterocycles. The Kier molecular flexibility index (Phi) is 4.70. The first-order chi connectivity index (χ1) is 8.75. The summed E-state index contributed by atoms with van der Waals surface area (Å²) in [5.41, 5.74) is 0.970. The largest absolute Gasteiger partial charge is 0.342 e. The summed E-state index contributed by atoms with van der Waals surface area (Å²) < 4.78 is 0. The molecule has 1 aliphatic rings. The summed E-state index contributed by atoms with van der Waals surface area (Å²) in [6, 6.07) is 5.81. The summed E-state index contributed by atoms with van der Waals surface area (Å²) in [5, 5.41) is 3.16. The van der Waals surface area contributed by atoms with Crippen molar-refractivity contribution in [2.24, 2.45) is 5.92 Å². The molecule has 2 heterocycles. The minimum atomic E-state index is 0.206. The summed E-state index contributed by atoms with van der Waals surface area (Å²) in [4.78, 5) is 18.1. The lowest BCUT2D eigenvalue weighted by Gasteiger charge is -2.30. The molecule has 0 bridgehead atoms. The minimum Gasteiger partial charge on any atom is -0.342 e. The van der Waals surface area contributed by atoms with Crippen molar-refractivity contribution in [3.63, 3.8) is 0 Å². The molecule has 1 fully saturated rings. The van der Waals surface area contributed by atoms with E-state index in [4.69, 9.17) is 0 Å². The van der Waals surface area contributed by atoms with E-state index >= 15 is 0 Å². The van der Waals surface area contributed by atoms with Crippen LogP contribution in [0.3, 0.4) is 0 Å². The Morgan fingerprint density at radius 3 is 2.89 bits per heavy atom. The molecule has 98 valence electrons. The van der Waals surface area contributed by atoms with Gasteiger partial charge in [-0.05, 0) is 30.9 Å². The molecule has 2 rings (SSSR count). The highest BCUT2D eigenvalue weighted by molar-refractivity contribution is 5.78. The molecule has 1 aliphatic heterocycles. The second kappa shape index (κ2) is 6.50. The van der Waals surface area contributed by atoms with Gasteiger partial charge in [0.2, 0.25) is 5.91 Å². The van der Waals surface area contributed by atoms with Crippen LogP contribution in [0, 0.1) is 5.92 Å². The number of amides is 1. The highest BCUT2D eigenvalue weighted by Gasteiger charge is 2.19. The summed E-state index contributed by atoms with van der Waals surface area (Å²) in [7, 11) is 0. The van der Waals surface area contributed by atoms with Gasteiger partial charge in [-0.1, -0.05) is 13.0 Å². The molecular formula is C14H21N3O. The van der Waals surface area contributed by atoms with Gasteiger partial charge in [0.05, 0.1) is 12.2 Å². The summed E-state index contributed by atoms with van der Waals surface area (Å²) in [5.74, 6) is 0.966. The van der Waals surface area contributed by atoms with Crippen molar-refractivity contribution in [3.05, 3.63) is 30.1 Å². The van der Waals surface area contributed by atoms with E-state index in [1.807, 2.05) is 23.1 Å². The van der Waals surface area contributed by atoms with Crippen LogP contribution >= 0.6 is 0 Å². The minimum absolute atomic E-state index is 0.206. The monoisotopic (exact) mass is 247 g/mol. The predicted octanol–water partition coefficient (Wildman–Crippen LogP) is 1.43. The summed E-state index contributed by atoms with van der Waals surface area (Å²) >= 11 is 0. The maximum atomic E-state index is 11.9. The van der Waals surface area contributed by atoms with Gasteiger partial charge in [-0.15, -0.1) is 0 Å². The van der Waals surface area contributed by atoms with E-state index in [1.54, 1.807) is 6.20 Å². The van der Waals surface area contributed by atoms with Crippen LogP contribution in [0.2, 0.25) is 0 Å². The SMILES string of the molecule is CC1CCN(C(=O)CNCc2ccccn2)CC1. The number of pyridine rings is 1. The Morgan fingerprint density at radius 2 is 2.22 bits per heavy atom. The fraction of sp³-hybridized carbons (Fsp3) is 0.571. The molecule has 18 heavy (non-hydrogen) atoms. The molecule has 4 heteroatoms. The van der Waals surface area contributed by atoms with Gasteiger partial charge in [-0.25, -0.2) is 0 Å². The molecule has 0 saturated carbocycles. The van der Waals surface area contributed by atoms with Crippen molar-refractivity contribution < 1.29 is 4.79 Å². The van der Waals surface area contributed by atoms with Crippen molar-refractivity contribution >= 4 is 5.91 Å². The van der Waals surface area contributed by atoms with E-state index in [2.05, 4.69) is 17.2 Å². The molecular weight excluding hydrogens is 226 g/mol. The normalized spacial score (nSPS) is 16.8. The molecule has 0 radical (unpaired) electrons. The van der Waals surface area contributed by atoms with Gasteiger partial charge < -0.3 is 10.2 Å². The number of piperidine rings is 1. The fourth-order valence-corrected chi connectivity index (χ4v) is 2.17. The molecule has 1 amide bonds. The van der Waals surface area contributed by atoms with Gasteiger partial charge in [0.15, 0.2) is 0 Å². The van der Waals surface area contributed by atoms with E-state index in [0.29, 0.717) is 13.1 Å². The van der Waals surface area contributed by atoms with Gasteiger partial charge in [0, 0.05) is 25.8 Å². The smallest absolute Gasteiger partial charge is 0.236 e. The third-order valence-electron chi connectivity index (χ3n) is 3.44. The van der Waals surface area contributed by atoms with E-state index in [0.717, 1.165) is 37.5 Å². The highest BCUT2D eigenvalue weighted by Crippen LogP contribution is 2.15. The molecule has 0 atom stereocenters. The number of hydrogen-bond acceptors (Lipinski definition) is 3. The third-order valence-corrected chi connectivity index (χ3v) is 3.44. The fourth-order valence-electron chi connectivity index (χ4n) is 2.17. The number of carbonyl (C=O) groups is 1. The maximum Gasteiger partial charge on any atom is 0.236 e. The van der Waals surface area contributed by atoms with Crippen LogP contribution in [0.25, 0.3) is 0 Å². The summed E-state index contributed by atoms with van der Waals surface area (Å²) in [6.45, 7) is 5.12. The number of aromatic nitrogens is 1. The Balaban J connectivity index is 1.69. The Hall–Kier alpha value is -1.42. The van der Waals surface area contributed by atoms with Gasteiger partial charge in [-0.2, -0.15) is 0 Å². The highest BCUT2D eigenvalue weighted by atomic mass is 16.2. The first-order valence-corrected chi connectivity index (χ1v) is 6.64.